The van der Waals surface area contributed by atoms with Gasteiger partial charge in [-0.1, -0.05) is 11.6 Å². The van der Waals surface area contributed by atoms with Gasteiger partial charge >= 0.3 is 0 Å². The minimum atomic E-state index is -0.0647. The standard InChI is InChI=1S/C7H10ClN3O2S/c8-6-7(10-14-9-6)11-1-2-13-4-5(11)3-12/h5,12H,1-4H2. The summed E-state index contributed by atoms with van der Waals surface area (Å²) in [5.74, 6) is 0.652. The highest BCUT2D eigenvalue weighted by atomic mass is 35.5. The minimum Gasteiger partial charge on any atom is -0.394 e. The first kappa shape index (κ1) is 10.1. The molecule has 1 atom stereocenters. The van der Waals surface area contributed by atoms with Crippen molar-refractivity contribution >= 4 is 29.1 Å². The van der Waals surface area contributed by atoms with Gasteiger partial charge in [-0.25, -0.2) is 0 Å². The van der Waals surface area contributed by atoms with E-state index in [2.05, 4.69) is 8.75 Å². The molecule has 1 aliphatic heterocycles. The zero-order valence-electron chi connectivity index (χ0n) is 7.39. The average molecular weight is 236 g/mol. The van der Waals surface area contributed by atoms with Gasteiger partial charge in [0.05, 0.1) is 37.6 Å². The summed E-state index contributed by atoms with van der Waals surface area (Å²) in [5, 5.41) is 9.54. The maximum absolute atomic E-state index is 9.14. The van der Waals surface area contributed by atoms with Gasteiger partial charge in [0.15, 0.2) is 11.0 Å². The van der Waals surface area contributed by atoms with Crippen LogP contribution in [0, 0.1) is 0 Å². The number of anilines is 1. The van der Waals surface area contributed by atoms with E-state index in [0.717, 1.165) is 11.7 Å². The van der Waals surface area contributed by atoms with Gasteiger partial charge in [-0.05, 0) is 0 Å². The molecule has 5 nitrogen and oxygen atoms in total. The van der Waals surface area contributed by atoms with E-state index in [-0.39, 0.29) is 12.6 Å². The number of aromatic nitrogens is 2. The minimum absolute atomic E-state index is 0.0356. The highest BCUT2D eigenvalue weighted by Gasteiger charge is 2.26. The van der Waals surface area contributed by atoms with Gasteiger partial charge in [-0.3, -0.25) is 0 Å². The van der Waals surface area contributed by atoms with E-state index in [0.29, 0.717) is 30.7 Å². The molecule has 2 rings (SSSR count). The number of aliphatic hydroxyl groups excluding tert-OH is 1. The molecule has 0 radical (unpaired) electrons. The Morgan fingerprint density at radius 2 is 2.50 bits per heavy atom. The number of aliphatic hydroxyl groups is 1. The van der Waals surface area contributed by atoms with E-state index in [1.54, 1.807) is 0 Å². The average Bonchev–Trinajstić information content (AvgIpc) is 2.64. The van der Waals surface area contributed by atoms with Gasteiger partial charge in [0.2, 0.25) is 0 Å². The first-order valence-electron chi connectivity index (χ1n) is 4.26. The van der Waals surface area contributed by atoms with Crippen molar-refractivity contribution in [1.29, 1.82) is 0 Å². The van der Waals surface area contributed by atoms with Crippen LogP contribution in [0.15, 0.2) is 0 Å². The van der Waals surface area contributed by atoms with Crippen molar-refractivity contribution in [3.8, 4) is 0 Å². The van der Waals surface area contributed by atoms with Gasteiger partial charge in [0.25, 0.3) is 0 Å². The molecule has 1 saturated heterocycles. The van der Waals surface area contributed by atoms with Crippen LogP contribution in [0.2, 0.25) is 5.15 Å². The molecule has 1 N–H and O–H groups in total. The second kappa shape index (κ2) is 4.39. The third kappa shape index (κ3) is 1.83. The van der Waals surface area contributed by atoms with Crippen LogP contribution in [0.1, 0.15) is 0 Å². The second-order valence-electron chi connectivity index (χ2n) is 2.98. The number of ether oxygens (including phenoxy) is 1. The van der Waals surface area contributed by atoms with Crippen LogP contribution < -0.4 is 4.90 Å². The third-order valence-electron chi connectivity index (χ3n) is 2.14. The molecule has 0 aliphatic carbocycles. The van der Waals surface area contributed by atoms with E-state index >= 15 is 0 Å². The largest absolute Gasteiger partial charge is 0.394 e. The first-order valence-corrected chi connectivity index (χ1v) is 5.37. The van der Waals surface area contributed by atoms with Crippen molar-refractivity contribution in [3.05, 3.63) is 5.15 Å². The summed E-state index contributed by atoms with van der Waals surface area (Å²) in [4.78, 5) is 1.94. The van der Waals surface area contributed by atoms with Gasteiger partial charge in [-0.15, -0.1) is 0 Å². The Hall–Kier alpha value is -0.430. The van der Waals surface area contributed by atoms with E-state index in [1.807, 2.05) is 4.90 Å². The number of rotatable bonds is 2. The lowest BCUT2D eigenvalue weighted by molar-refractivity contribution is 0.0724. The predicted molar refractivity (Wildman–Crippen MR) is 54.0 cm³/mol. The molecule has 7 heteroatoms. The van der Waals surface area contributed by atoms with Crippen LogP contribution in [0.4, 0.5) is 5.82 Å². The molecule has 2 heterocycles. The van der Waals surface area contributed by atoms with Crippen molar-refractivity contribution in [2.75, 3.05) is 31.3 Å². The Balaban J connectivity index is 2.19. The number of halogens is 1. The highest BCUT2D eigenvalue weighted by Crippen LogP contribution is 2.25. The highest BCUT2D eigenvalue weighted by molar-refractivity contribution is 6.99. The van der Waals surface area contributed by atoms with Crippen LogP contribution in [-0.2, 0) is 4.74 Å². The number of hydrogen-bond donors (Lipinski definition) is 1. The molecule has 1 fully saturated rings. The lowest BCUT2D eigenvalue weighted by atomic mass is 10.2. The molecule has 1 aliphatic rings. The lowest BCUT2D eigenvalue weighted by Gasteiger charge is -2.34. The molecule has 1 unspecified atom stereocenters. The van der Waals surface area contributed by atoms with E-state index < -0.39 is 0 Å². The summed E-state index contributed by atoms with van der Waals surface area (Å²) in [6.07, 6.45) is 0. The summed E-state index contributed by atoms with van der Waals surface area (Å²) in [5.41, 5.74) is 0. The van der Waals surface area contributed by atoms with Crippen molar-refractivity contribution < 1.29 is 9.84 Å². The Labute approximate surface area is 90.6 Å². The lowest BCUT2D eigenvalue weighted by Crippen LogP contribution is -2.47. The summed E-state index contributed by atoms with van der Waals surface area (Å²) in [6, 6.07) is -0.0647. The van der Waals surface area contributed by atoms with Crippen molar-refractivity contribution in [1.82, 2.24) is 8.75 Å². The predicted octanol–water partition coefficient (Wildman–Crippen LogP) is 0.389. The van der Waals surface area contributed by atoms with E-state index in [9.17, 15) is 0 Å². The molecular formula is C7H10ClN3O2S. The SMILES string of the molecule is OCC1COCCN1c1nsnc1Cl. The fraction of sp³-hybridized carbons (Fsp3) is 0.714. The van der Waals surface area contributed by atoms with Crippen LogP contribution in [0.25, 0.3) is 0 Å². The normalized spacial score (nSPS) is 22.7. The maximum atomic E-state index is 9.14. The number of hydrogen-bond acceptors (Lipinski definition) is 6. The summed E-state index contributed by atoms with van der Waals surface area (Å²) in [6.45, 7) is 1.86. The molecule has 1 aromatic heterocycles. The maximum Gasteiger partial charge on any atom is 0.187 e. The topological polar surface area (TPSA) is 58.5 Å². The van der Waals surface area contributed by atoms with E-state index in [1.165, 1.54) is 0 Å². The number of nitrogens with zero attached hydrogens (tertiary/aromatic N) is 3. The first-order chi connectivity index (χ1) is 6.83. The van der Waals surface area contributed by atoms with Gasteiger partial charge in [-0.2, -0.15) is 8.75 Å². The molecular weight excluding hydrogens is 226 g/mol. The van der Waals surface area contributed by atoms with Crippen LogP contribution in [-0.4, -0.2) is 46.3 Å². The quantitative estimate of drug-likeness (QED) is 0.804. The summed E-state index contributed by atoms with van der Waals surface area (Å²) >= 11 is 6.94. The zero-order chi connectivity index (χ0) is 9.97. The van der Waals surface area contributed by atoms with Crippen LogP contribution >= 0.6 is 23.3 Å². The molecule has 0 bridgehead atoms. The van der Waals surface area contributed by atoms with Crippen molar-refractivity contribution in [2.45, 2.75) is 6.04 Å². The summed E-state index contributed by atoms with van der Waals surface area (Å²) in [7, 11) is 0. The Kier molecular flexibility index (Phi) is 3.17. The van der Waals surface area contributed by atoms with Gasteiger partial charge in [0.1, 0.15) is 0 Å². The smallest absolute Gasteiger partial charge is 0.187 e. The fourth-order valence-electron chi connectivity index (χ4n) is 1.43. The molecule has 0 amide bonds. The Bertz CT molecular complexity index is 309. The monoisotopic (exact) mass is 235 g/mol. The van der Waals surface area contributed by atoms with E-state index in [4.69, 9.17) is 21.4 Å². The molecule has 1 aromatic rings. The molecule has 78 valence electrons. The zero-order valence-corrected chi connectivity index (χ0v) is 8.96. The van der Waals surface area contributed by atoms with Gasteiger partial charge in [0, 0.05) is 6.54 Å². The van der Waals surface area contributed by atoms with Crippen molar-refractivity contribution in [2.24, 2.45) is 0 Å². The van der Waals surface area contributed by atoms with Crippen molar-refractivity contribution in [3.63, 3.8) is 0 Å². The number of morpholine rings is 1. The fourth-order valence-corrected chi connectivity index (χ4v) is 2.19. The molecule has 0 aromatic carbocycles. The second-order valence-corrected chi connectivity index (χ2v) is 3.87. The molecule has 0 spiro atoms. The van der Waals surface area contributed by atoms with Crippen LogP contribution in [0.3, 0.4) is 0 Å². The molecule has 14 heavy (non-hydrogen) atoms. The Morgan fingerprint density at radius 1 is 1.64 bits per heavy atom. The van der Waals surface area contributed by atoms with Gasteiger partial charge < -0.3 is 14.7 Å². The summed E-state index contributed by atoms with van der Waals surface area (Å²) < 4.78 is 13.2. The third-order valence-corrected chi connectivity index (χ3v) is 3.02. The molecule has 0 saturated carbocycles. The van der Waals surface area contributed by atoms with Crippen LogP contribution in [0.5, 0.6) is 0 Å². The Morgan fingerprint density at radius 3 is 3.14 bits per heavy atom.